The minimum atomic E-state index is -0.513. The van der Waals surface area contributed by atoms with Crippen molar-refractivity contribution in [2.45, 2.75) is 39.7 Å². The summed E-state index contributed by atoms with van der Waals surface area (Å²) in [5, 5.41) is 10.2. The molecule has 2 amide bonds. The maximum atomic E-state index is 12.6. The monoisotopic (exact) mass is 452 g/mol. The van der Waals surface area contributed by atoms with Crippen LogP contribution in [0.4, 0.5) is 11.4 Å². The van der Waals surface area contributed by atoms with Gasteiger partial charge in [0.1, 0.15) is 6.04 Å². The lowest BCUT2D eigenvalue weighted by Gasteiger charge is -2.16. The molecular formula is C24H25ClN4O3. The Kier molecular flexibility index (Phi) is 7.43. The number of ketones is 1. The van der Waals surface area contributed by atoms with Crippen molar-refractivity contribution in [2.75, 3.05) is 10.6 Å². The van der Waals surface area contributed by atoms with E-state index in [-0.39, 0.29) is 35.5 Å². The molecule has 166 valence electrons. The topological polar surface area (TPSA) is 93.1 Å². The minimum absolute atomic E-state index is 0.0595. The molecule has 0 fully saturated rings. The molecule has 2 aromatic carbocycles. The van der Waals surface area contributed by atoms with Crippen LogP contribution in [-0.4, -0.2) is 27.4 Å². The van der Waals surface area contributed by atoms with Crippen molar-refractivity contribution < 1.29 is 14.4 Å². The average Bonchev–Trinajstić information content (AvgIpc) is 3.11. The molecule has 7 nitrogen and oxygen atoms in total. The number of nitrogens with one attached hydrogen (secondary N) is 2. The van der Waals surface area contributed by atoms with Gasteiger partial charge in [-0.15, -0.1) is 0 Å². The van der Waals surface area contributed by atoms with Crippen LogP contribution in [0.5, 0.6) is 0 Å². The molecule has 32 heavy (non-hydrogen) atoms. The van der Waals surface area contributed by atoms with Gasteiger partial charge in [-0.25, -0.2) is 0 Å². The zero-order chi connectivity index (χ0) is 23.3. The molecule has 1 unspecified atom stereocenters. The van der Waals surface area contributed by atoms with Gasteiger partial charge in [-0.1, -0.05) is 41.9 Å². The zero-order valence-electron chi connectivity index (χ0n) is 18.2. The number of benzene rings is 2. The molecule has 1 aromatic heterocycles. The summed E-state index contributed by atoms with van der Waals surface area (Å²) < 4.78 is 1.66. The number of hydrogen-bond acceptors (Lipinski definition) is 4. The number of amides is 2. The minimum Gasteiger partial charge on any atom is -0.326 e. The summed E-state index contributed by atoms with van der Waals surface area (Å²) in [6.45, 7) is 5.52. The molecule has 8 heteroatoms. The Balaban J connectivity index is 1.56. The molecule has 0 radical (unpaired) electrons. The lowest BCUT2D eigenvalue weighted by atomic mass is 10.1. The Labute approximate surface area is 191 Å². The molecule has 0 spiro atoms. The van der Waals surface area contributed by atoms with Crippen molar-refractivity contribution in [3.63, 3.8) is 0 Å². The van der Waals surface area contributed by atoms with E-state index in [2.05, 4.69) is 15.7 Å². The number of Topliss-reactive ketones (excluding diaryl/α,β-unsaturated/α-hetero) is 1. The van der Waals surface area contributed by atoms with E-state index in [9.17, 15) is 14.4 Å². The first-order chi connectivity index (χ1) is 15.2. The molecule has 0 saturated carbocycles. The fourth-order valence-electron chi connectivity index (χ4n) is 3.30. The highest BCUT2D eigenvalue weighted by Crippen LogP contribution is 2.27. The number of aromatic nitrogens is 2. The normalized spacial score (nSPS) is 11.6. The predicted octanol–water partition coefficient (Wildman–Crippen LogP) is 4.95. The Bertz CT molecular complexity index is 1140. The standard InChI is InChI=1S/C24H25ClN4O3/c1-15-13-16(2)29(28-15)17(3)24(32)27-21-10-9-19(14-20(21)25)26-23(31)12-11-22(30)18-7-5-4-6-8-18/h4-10,13-14,17H,11-12H2,1-3H3,(H,26,31)(H,27,32). The van der Waals surface area contributed by atoms with Gasteiger partial charge in [0.05, 0.1) is 16.4 Å². The number of halogens is 1. The summed E-state index contributed by atoms with van der Waals surface area (Å²) in [6, 6.07) is 15.1. The van der Waals surface area contributed by atoms with Gasteiger partial charge in [0.25, 0.3) is 0 Å². The van der Waals surface area contributed by atoms with Gasteiger partial charge in [-0.2, -0.15) is 5.10 Å². The van der Waals surface area contributed by atoms with Crippen LogP contribution in [0.3, 0.4) is 0 Å². The highest BCUT2D eigenvalue weighted by atomic mass is 35.5. The van der Waals surface area contributed by atoms with Gasteiger partial charge >= 0.3 is 0 Å². The SMILES string of the molecule is Cc1cc(C)n(C(C)C(=O)Nc2ccc(NC(=O)CCC(=O)c3ccccc3)cc2Cl)n1. The smallest absolute Gasteiger partial charge is 0.248 e. The molecule has 3 rings (SSSR count). The summed E-state index contributed by atoms with van der Waals surface area (Å²) >= 11 is 6.31. The molecule has 0 aliphatic carbocycles. The largest absolute Gasteiger partial charge is 0.326 e. The van der Waals surface area contributed by atoms with Gasteiger partial charge < -0.3 is 10.6 Å². The second-order valence-electron chi connectivity index (χ2n) is 7.57. The molecule has 0 aliphatic rings. The molecule has 0 saturated heterocycles. The molecule has 3 aromatic rings. The first-order valence-electron chi connectivity index (χ1n) is 10.3. The van der Waals surface area contributed by atoms with E-state index in [1.165, 1.54) is 0 Å². The average molecular weight is 453 g/mol. The predicted molar refractivity (Wildman–Crippen MR) is 125 cm³/mol. The molecule has 0 aliphatic heterocycles. The molecular weight excluding hydrogens is 428 g/mol. The van der Waals surface area contributed by atoms with E-state index in [1.807, 2.05) is 26.0 Å². The van der Waals surface area contributed by atoms with Gasteiger partial charge in [-0.3, -0.25) is 19.1 Å². The zero-order valence-corrected chi connectivity index (χ0v) is 18.9. The third-order valence-corrected chi connectivity index (χ3v) is 5.29. The summed E-state index contributed by atoms with van der Waals surface area (Å²) in [5.74, 6) is -0.636. The van der Waals surface area contributed by atoms with Crippen LogP contribution in [0, 0.1) is 13.8 Å². The maximum Gasteiger partial charge on any atom is 0.248 e. The Morgan fingerprint density at radius 3 is 2.34 bits per heavy atom. The Hall–Kier alpha value is -3.45. The fraction of sp³-hybridized carbons (Fsp3) is 0.250. The van der Waals surface area contributed by atoms with Crippen molar-refractivity contribution in [3.8, 4) is 0 Å². The highest BCUT2D eigenvalue weighted by Gasteiger charge is 2.19. The summed E-state index contributed by atoms with van der Waals surface area (Å²) in [5.41, 5.74) is 3.22. The fourth-order valence-corrected chi connectivity index (χ4v) is 3.53. The van der Waals surface area contributed by atoms with Crippen LogP contribution in [0.2, 0.25) is 5.02 Å². The summed E-state index contributed by atoms with van der Waals surface area (Å²) in [6.07, 6.45) is 0.173. The van der Waals surface area contributed by atoms with Gasteiger partial charge in [0.15, 0.2) is 5.78 Å². The van der Waals surface area contributed by atoms with Crippen LogP contribution in [-0.2, 0) is 9.59 Å². The Morgan fingerprint density at radius 1 is 1.00 bits per heavy atom. The van der Waals surface area contributed by atoms with Crippen molar-refractivity contribution in [1.29, 1.82) is 0 Å². The Morgan fingerprint density at radius 2 is 1.72 bits per heavy atom. The van der Waals surface area contributed by atoms with Crippen LogP contribution in [0.1, 0.15) is 47.6 Å². The van der Waals surface area contributed by atoms with E-state index < -0.39 is 6.04 Å². The van der Waals surface area contributed by atoms with E-state index >= 15 is 0 Å². The number of hydrogen-bond donors (Lipinski definition) is 2. The van der Waals surface area contributed by atoms with Gasteiger partial charge in [0.2, 0.25) is 11.8 Å². The number of carbonyl (C=O) groups is 3. The van der Waals surface area contributed by atoms with Gasteiger partial charge in [-0.05, 0) is 45.0 Å². The lowest BCUT2D eigenvalue weighted by Crippen LogP contribution is -2.25. The molecule has 2 N–H and O–H groups in total. The van der Waals surface area contributed by atoms with Crippen molar-refractivity contribution in [2.24, 2.45) is 0 Å². The first kappa shape index (κ1) is 23.2. The maximum absolute atomic E-state index is 12.6. The third kappa shape index (κ3) is 5.82. The second-order valence-corrected chi connectivity index (χ2v) is 7.98. The molecule has 0 bridgehead atoms. The highest BCUT2D eigenvalue weighted by molar-refractivity contribution is 6.34. The van der Waals surface area contributed by atoms with Crippen molar-refractivity contribution in [3.05, 3.63) is 76.6 Å². The summed E-state index contributed by atoms with van der Waals surface area (Å²) in [7, 11) is 0. The number of rotatable bonds is 8. The number of carbonyl (C=O) groups excluding carboxylic acids is 3. The van der Waals surface area contributed by atoms with Crippen LogP contribution in [0.15, 0.2) is 54.6 Å². The van der Waals surface area contributed by atoms with E-state index in [1.54, 1.807) is 54.1 Å². The van der Waals surface area contributed by atoms with E-state index in [0.29, 0.717) is 16.9 Å². The van der Waals surface area contributed by atoms with Crippen molar-refractivity contribution in [1.82, 2.24) is 9.78 Å². The molecule has 1 heterocycles. The van der Waals surface area contributed by atoms with Gasteiger partial charge in [0, 0.05) is 29.8 Å². The van der Waals surface area contributed by atoms with Crippen LogP contribution in [0.25, 0.3) is 0 Å². The number of aryl methyl sites for hydroxylation is 2. The number of anilines is 2. The van der Waals surface area contributed by atoms with Crippen molar-refractivity contribution >= 4 is 40.6 Å². The van der Waals surface area contributed by atoms with E-state index in [4.69, 9.17) is 11.6 Å². The summed E-state index contributed by atoms with van der Waals surface area (Å²) in [4.78, 5) is 37.0. The second kappa shape index (κ2) is 10.2. The number of nitrogens with zero attached hydrogens (tertiary/aromatic N) is 2. The molecule has 1 atom stereocenters. The van der Waals surface area contributed by atoms with E-state index in [0.717, 1.165) is 11.4 Å². The lowest BCUT2D eigenvalue weighted by molar-refractivity contribution is -0.119. The van der Waals surface area contributed by atoms with Crippen LogP contribution < -0.4 is 10.6 Å². The third-order valence-electron chi connectivity index (χ3n) is 4.98. The quantitative estimate of drug-likeness (QED) is 0.472. The van der Waals surface area contributed by atoms with Crippen LogP contribution >= 0.6 is 11.6 Å². The first-order valence-corrected chi connectivity index (χ1v) is 10.6.